The first-order chi connectivity index (χ1) is 10.2. The fourth-order valence-electron chi connectivity index (χ4n) is 5.35. The molecule has 4 rings (SSSR count). The van der Waals surface area contributed by atoms with Gasteiger partial charge in [0.15, 0.2) is 0 Å². The standard InChI is InChI=1S/C18H24N2S/c1-20-9-8-18-7-3-2-4-15(18)17(20)10-13-5-6-14(19-12-21)11-16(13)18/h5-6,11-12,15,17H,2-4,7-10H2,1H3,(H,19,21)/t15-,17+,18+/m0/s1. The number of piperidine rings is 1. The summed E-state index contributed by atoms with van der Waals surface area (Å²) in [6.07, 6.45) is 8.19. The van der Waals surface area contributed by atoms with Crippen molar-refractivity contribution in [3.63, 3.8) is 0 Å². The lowest BCUT2D eigenvalue weighted by molar-refractivity contribution is 0.00291. The van der Waals surface area contributed by atoms with E-state index in [0.29, 0.717) is 5.41 Å². The third-order valence-corrected chi connectivity index (χ3v) is 6.46. The highest BCUT2D eigenvalue weighted by Crippen LogP contribution is 2.55. The molecule has 0 radical (unpaired) electrons. The summed E-state index contributed by atoms with van der Waals surface area (Å²) in [4.78, 5) is 2.63. The molecule has 2 bridgehead atoms. The Morgan fingerprint density at radius 2 is 2.24 bits per heavy atom. The molecule has 3 atom stereocenters. The molecule has 1 aromatic carbocycles. The van der Waals surface area contributed by atoms with E-state index < -0.39 is 0 Å². The van der Waals surface area contributed by atoms with E-state index >= 15 is 0 Å². The largest absolute Gasteiger partial charge is 0.353 e. The van der Waals surface area contributed by atoms with Crippen LogP contribution in [0.3, 0.4) is 0 Å². The molecule has 1 saturated heterocycles. The molecule has 112 valence electrons. The van der Waals surface area contributed by atoms with E-state index in [-0.39, 0.29) is 0 Å². The summed E-state index contributed by atoms with van der Waals surface area (Å²) in [5, 5.41) is 3.21. The van der Waals surface area contributed by atoms with E-state index in [1.54, 1.807) is 16.6 Å². The van der Waals surface area contributed by atoms with Gasteiger partial charge in [-0.2, -0.15) is 0 Å². The number of likely N-dealkylation sites (tertiary alicyclic amines) is 1. The Morgan fingerprint density at radius 3 is 3.10 bits per heavy atom. The van der Waals surface area contributed by atoms with Crippen LogP contribution in [-0.4, -0.2) is 30.0 Å². The average molecular weight is 300 g/mol. The van der Waals surface area contributed by atoms with Crippen molar-refractivity contribution in [2.45, 2.75) is 50.0 Å². The van der Waals surface area contributed by atoms with Crippen molar-refractivity contribution < 1.29 is 0 Å². The quantitative estimate of drug-likeness (QED) is 0.838. The number of hydrogen-bond acceptors (Lipinski definition) is 2. The molecule has 2 aliphatic carbocycles. The smallest absolute Gasteiger partial charge is 0.0658 e. The van der Waals surface area contributed by atoms with Gasteiger partial charge in [0.25, 0.3) is 0 Å². The van der Waals surface area contributed by atoms with E-state index in [0.717, 1.165) is 12.0 Å². The number of anilines is 1. The zero-order chi connectivity index (χ0) is 14.4. The van der Waals surface area contributed by atoms with Crippen molar-refractivity contribution in [1.82, 2.24) is 4.90 Å². The molecular formula is C18H24N2S. The number of hydrogen-bond donors (Lipinski definition) is 1. The highest BCUT2D eigenvalue weighted by atomic mass is 32.1. The van der Waals surface area contributed by atoms with E-state index in [9.17, 15) is 0 Å². The van der Waals surface area contributed by atoms with Crippen molar-refractivity contribution in [3.05, 3.63) is 29.3 Å². The molecule has 0 amide bonds. The summed E-state index contributed by atoms with van der Waals surface area (Å²) in [6, 6.07) is 7.69. The molecule has 1 aliphatic heterocycles. The van der Waals surface area contributed by atoms with Gasteiger partial charge in [-0.1, -0.05) is 31.1 Å². The Morgan fingerprint density at radius 1 is 1.33 bits per heavy atom. The predicted octanol–water partition coefficient (Wildman–Crippen LogP) is 3.74. The second kappa shape index (κ2) is 5.06. The van der Waals surface area contributed by atoms with Crippen LogP contribution >= 0.6 is 12.2 Å². The minimum absolute atomic E-state index is 0.447. The topological polar surface area (TPSA) is 15.3 Å². The summed E-state index contributed by atoms with van der Waals surface area (Å²) in [7, 11) is 2.33. The van der Waals surface area contributed by atoms with Crippen LogP contribution in [0.5, 0.6) is 0 Å². The normalized spacial score (nSPS) is 34.7. The molecule has 0 aromatic heterocycles. The highest BCUT2D eigenvalue weighted by molar-refractivity contribution is 7.79. The van der Waals surface area contributed by atoms with Gasteiger partial charge in [-0.15, -0.1) is 0 Å². The fourth-order valence-corrected chi connectivity index (χ4v) is 5.49. The number of benzene rings is 1. The first kappa shape index (κ1) is 13.7. The zero-order valence-corrected chi connectivity index (χ0v) is 13.6. The first-order valence-electron chi connectivity index (χ1n) is 8.28. The maximum absolute atomic E-state index is 4.96. The Hall–Kier alpha value is -0.930. The lowest BCUT2D eigenvalue weighted by Gasteiger charge is -2.58. The third kappa shape index (κ3) is 1.97. The summed E-state index contributed by atoms with van der Waals surface area (Å²) < 4.78 is 0. The molecule has 0 unspecified atom stereocenters. The van der Waals surface area contributed by atoms with Gasteiger partial charge in [0.2, 0.25) is 0 Å². The summed E-state index contributed by atoms with van der Waals surface area (Å²) >= 11 is 4.96. The maximum Gasteiger partial charge on any atom is 0.0658 e. The van der Waals surface area contributed by atoms with Gasteiger partial charge < -0.3 is 10.2 Å². The number of fused-ring (bicyclic) bond motifs is 1. The predicted molar refractivity (Wildman–Crippen MR) is 92.1 cm³/mol. The zero-order valence-electron chi connectivity index (χ0n) is 12.8. The minimum Gasteiger partial charge on any atom is -0.353 e. The van der Waals surface area contributed by atoms with E-state index in [2.05, 4.69) is 35.5 Å². The van der Waals surface area contributed by atoms with Gasteiger partial charge in [-0.05, 0) is 68.5 Å². The molecule has 0 spiro atoms. The lowest BCUT2D eigenvalue weighted by Crippen LogP contribution is -2.59. The van der Waals surface area contributed by atoms with Crippen molar-refractivity contribution in [3.8, 4) is 0 Å². The van der Waals surface area contributed by atoms with Gasteiger partial charge in [-0.3, -0.25) is 0 Å². The van der Waals surface area contributed by atoms with Crippen molar-refractivity contribution in [2.75, 3.05) is 18.9 Å². The molecule has 2 fully saturated rings. The van der Waals surface area contributed by atoms with Crippen molar-refractivity contribution >= 4 is 23.4 Å². The van der Waals surface area contributed by atoms with Gasteiger partial charge in [0, 0.05) is 17.1 Å². The molecule has 3 aliphatic rings. The molecule has 21 heavy (non-hydrogen) atoms. The Kier molecular flexibility index (Phi) is 3.31. The van der Waals surface area contributed by atoms with Gasteiger partial charge in [-0.25, -0.2) is 0 Å². The minimum atomic E-state index is 0.447. The van der Waals surface area contributed by atoms with Crippen LogP contribution in [0.4, 0.5) is 5.69 Å². The first-order valence-corrected chi connectivity index (χ1v) is 8.75. The monoisotopic (exact) mass is 300 g/mol. The van der Waals surface area contributed by atoms with Crippen molar-refractivity contribution in [2.24, 2.45) is 5.92 Å². The van der Waals surface area contributed by atoms with E-state index in [4.69, 9.17) is 12.2 Å². The maximum atomic E-state index is 4.96. The Bertz CT molecular complexity index is 570. The third-order valence-electron chi connectivity index (χ3n) is 6.34. The molecule has 1 N–H and O–H groups in total. The average Bonchev–Trinajstić information content (AvgIpc) is 2.52. The van der Waals surface area contributed by atoms with E-state index in [1.165, 1.54) is 50.8 Å². The van der Waals surface area contributed by atoms with E-state index in [1.807, 2.05) is 0 Å². The van der Waals surface area contributed by atoms with Crippen molar-refractivity contribution in [1.29, 1.82) is 0 Å². The molecular weight excluding hydrogens is 276 g/mol. The van der Waals surface area contributed by atoms with Gasteiger partial charge >= 0.3 is 0 Å². The van der Waals surface area contributed by atoms with Crippen LogP contribution in [0.25, 0.3) is 0 Å². The van der Waals surface area contributed by atoms with Gasteiger partial charge in [0.05, 0.1) is 5.49 Å². The van der Waals surface area contributed by atoms with Gasteiger partial charge in [0.1, 0.15) is 0 Å². The molecule has 3 heteroatoms. The molecule has 2 nitrogen and oxygen atoms in total. The van der Waals surface area contributed by atoms with Crippen LogP contribution in [-0.2, 0) is 11.8 Å². The second-order valence-corrected chi connectivity index (χ2v) is 7.38. The van der Waals surface area contributed by atoms with Crippen LogP contribution in [0.15, 0.2) is 18.2 Å². The number of nitrogens with zero attached hydrogens (tertiary/aromatic N) is 1. The Balaban J connectivity index is 1.85. The molecule has 1 saturated carbocycles. The molecule has 1 aromatic rings. The SMILES string of the molecule is CN1CC[C@]23CCCC[C@H]2[C@H]1Cc1ccc(NC=S)cc13. The molecule has 1 heterocycles. The van der Waals surface area contributed by atoms with Crippen LogP contribution < -0.4 is 5.32 Å². The lowest BCUT2D eigenvalue weighted by atomic mass is 9.52. The Labute approximate surface area is 132 Å². The van der Waals surface area contributed by atoms with Crippen LogP contribution in [0, 0.1) is 5.92 Å². The second-order valence-electron chi connectivity index (χ2n) is 7.14. The summed E-state index contributed by atoms with van der Waals surface area (Å²) in [6.45, 7) is 1.26. The van der Waals surface area contributed by atoms with Crippen LogP contribution in [0.1, 0.15) is 43.2 Å². The number of thiocarbonyl (C=S) groups is 1. The summed E-state index contributed by atoms with van der Waals surface area (Å²) in [5.74, 6) is 0.861. The number of nitrogens with one attached hydrogen (secondary N) is 1. The number of likely N-dealkylation sites (N-methyl/N-ethyl adjacent to an activating group) is 1. The summed E-state index contributed by atoms with van der Waals surface area (Å²) in [5.41, 5.74) is 6.46. The fraction of sp³-hybridized carbons (Fsp3) is 0.611. The number of rotatable bonds is 2. The highest BCUT2D eigenvalue weighted by Gasteiger charge is 2.52. The van der Waals surface area contributed by atoms with Crippen LogP contribution in [0.2, 0.25) is 0 Å².